The molecule has 1 aliphatic rings. The van der Waals surface area contributed by atoms with Gasteiger partial charge in [-0.2, -0.15) is 13.2 Å². The Bertz CT molecular complexity index is 944. The Labute approximate surface area is 171 Å². The second-order valence-electron chi connectivity index (χ2n) is 6.70. The first-order valence-corrected chi connectivity index (χ1v) is 9.18. The maximum atomic E-state index is 13.4. The summed E-state index contributed by atoms with van der Waals surface area (Å²) in [4.78, 5) is 12.7. The van der Waals surface area contributed by atoms with Crippen LogP contribution in [0.15, 0.2) is 60.3 Å². The number of hydrogen-bond acceptors (Lipinski definition) is 5. The molecule has 0 bridgehead atoms. The van der Waals surface area contributed by atoms with E-state index in [1.165, 1.54) is 25.1 Å². The van der Waals surface area contributed by atoms with E-state index in [0.29, 0.717) is 29.7 Å². The van der Waals surface area contributed by atoms with Crippen LogP contribution in [0, 0.1) is 0 Å². The van der Waals surface area contributed by atoms with Crippen molar-refractivity contribution in [1.82, 2.24) is 10.4 Å². The van der Waals surface area contributed by atoms with Gasteiger partial charge in [0.15, 0.2) is 0 Å². The lowest BCUT2D eigenvalue weighted by Crippen LogP contribution is -2.60. The summed E-state index contributed by atoms with van der Waals surface area (Å²) >= 11 is 0. The van der Waals surface area contributed by atoms with Gasteiger partial charge in [-0.1, -0.05) is 12.1 Å². The summed E-state index contributed by atoms with van der Waals surface area (Å²) in [5.74, 6) is 0.255. The van der Waals surface area contributed by atoms with Gasteiger partial charge in [-0.25, -0.2) is 5.01 Å². The molecule has 2 aromatic carbocycles. The van der Waals surface area contributed by atoms with Gasteiger partial charge in [0, 0.05) is 11.3 Å². The fourth-order valence-electron chi connectivity index (χ4n) is 2.96. The third-order valence-corrected chi connectivity index (χ3v) is 4.38. The molecular weight excluding hydrogens is 401 g/mol. The van der Waals surface area contributed by atoms with Gasteiger partial charge in [-0.3, -0.25) is 10.2 Å². The number of aliphatic hydroxyl groups is 1. The molecule has 160 valence electrons. The molecule has 2 aromatic rings. The number of hydrazine groups is 1. The number of rotatable bonds is 6. The van der Waals surface area contributed by atoms with Gasteiger partial charge in [-0.05, 0) is 61.9 Å². The number of halogens is 3. The fraction of sp³-hybridized carbons (Fsp3) is 0.286. The Morgan fingerprint density at radius 2 is 1.77 bits per heavy atom. The Morgan fingerprint density at radius 1 is 1.13 bits per heavy atom. The zero-order chi connectivity index (χ0) is 21.9. The van der Waals surface area contributed by atoms with E-state index in [2.05, 4.69) is 5.43 Å². The highest BCUT2D eigenvalue weighted by Gasteiger charge is 2.61. The summed E-state index contributed by atoms with van der Waals surface area (Å²) < 4.78 is 51.1. The zero-order valence-corrected chi connectivity index (χ0v) is 16.4. The van der Waals surface area contributed by atoms with Crippen molar-refractivity contribution in [2.75, 3.05) is 6.61 Å². The number of amides is 1. The van der Waals surface area contributed by atoms with Crippen LogP contribution in [0.1, 0.15) is 29.8 Å². The topological polar surface area (TPSA) is 71.0 Å². The van der Waals surface area contributed by atoms with Crippen molar-refractivity contribution in [2.24, 2.45) is 0 Å². The van der Waals surface area contributed by atoms with E-state index in [4.69, 9.17) is 9.47 Å². The van der Waals surface area contributed by atoms with Crippen molar-refractivity contribution in [3.05, 3.63) is 71.4 Å². The van der Waals surface area contributed by atoms with Crippen molar-refractivity contribution < 1.29 is 32.5 Å². The van der Waals surface area contributed by atoms with E-state index in [9.17, 15) is 23.1 Å². The summed E-state index contributed by atoms with van der Waals surface area (Å²) in [6, 6.07) is 13.0. The van der Waals surface area contributed by atoms with E-state index in [1.807, 2.05) is 6.92 Å². The summed E-state index contributed by atoms with van der Waals surface area (Å²) in [6.45, 7) is 3.85. The molecule has 3 rings (SSSR count). The predicted molar refractivity (Wildman–Crippen MR) is 102 cm³/mol. The van der Waals surface area contributed by atoms with Gasteiger partial charge in [0.05, 0.1) is 6.61 Å². The smallest absolute Gasteiger partial charge is 0.442 e. The zero-order valence-electron chi connectivity index (χ0n) is 16.4. The molecule has 1 amide bonds. The molecule has 0 aromatic heterocycles. The molecule has 1 aliphatic heterocycles. The molecule has 0 fully saturated rings. The van der Waals surface area contributed by atoms with Crippen molar-refractivity contribution in [3.63, 3.8) is 0 Å². The number of alkyl halides is 3. The number of benzene rings is 2. The Morgan fingerprint density at radius 3 is 2.37 bits per heavy atom. The Balaban J connectivity index is 1.72. The Kier molecular flexibility index (Phi) is 5.93. The summed E-state index contributed by atoms with van der Waals surface area (Å²) in [5.41, 5.74) is -0.590. The quantitative estimate of drug-likeness (QED) is 0.742. The lowest BCUT2D eigenvalue weighted by molar-refractivity contribution is -0.283. The molecule has 0 aliphatic carbocycles. The van der Waals surface area contributed by atoms with Crippen LogP contribution in [0.2, 0.25) is 0 Å². The van der Waals surface area contributed by atoms with Crippen LogP contribution in [-0.4, -0.2) is 34.5 Å². The Hall–Kier alpha value is -3.20. The van der Waals surface area contributed by atoms with Crippen molar-refractivity contribution in [2.45, 2.75) is 32.4 Å². The first kappa shape index (κ1) is 21.5. The summed E-state index contributed by atoms with van der Waals surface area (Å²) in [7, 11) is 0. The minimum atomic E-state index is -5.07. The van der Waals surface area contributed by atoms with E-state index in [1.54, 1.807) is 30.3 Å². The monoisotopic (exact) mass is 422 g/mol. The average molecular weight is 422 g/mol. The number of allylic oxidation sites excluding steroid dienone is 1. The third kappa shape index (κ3) is 4.35. The summed E-state index contributed by atoms with van der Waals surface area (Å²) in [6.07, 6.45) is -4.51. The molecule has 0 radical (unpaired) electrons. The fourth-order valence-corrected chi connectivity index (χ4v) is 2.96. The molecule has 30 heavy (non-hydrogen) atoms. The molecule has 0 saturated carbocycles. The number of ether oxygens (including phenoxy) is 2. The molecule has 2 N–H and O–H groups in total. The van der Waals surface area contributed by atoms with Gasteiger partial charge < -0.3 is 14.6 Å². The highest BCUT2D eigenvalue weighted by atomic mass is 19.4. The number of nitrogens with zero attached hydrogens (tertiary/aromatic N) is 1. The van der Waals surface area contributed by atoms with Crippen molar-refractivity contribution >= 4 is 5.91 Å². The van der Waals surface area contributed by atoms with Crippen LogP contribution in [0.3, 0.4) is 0 Å². The molecule has 1 unspecified atom stereocenters. The van der Waals surface area contributed by atoms with Crippen LogP contribution < -0.4 is 14.9 Å². The van der Waals surface area contributed by atoms with Crippen LogP contribution in [0.4, 0.5) is 13.2 Å². The van der Waals surface area contributed by atoms with Crippen molar-refractivity contribution in [3.8, 4) is 11.5 Å². The first-order chi connectivity index (χ1) is 14.1. The average Bonchev–Trinajstić information content (AvgIpc) is 3.03. The van der Waals surface area contributed by atoms with E-state index in [0.717, 1.165) is 0 Å². The second-order valence-corrected chi connectivity index (χ2v) is 6.70. The van der Waals surface area contributed by atoms with E-state index >= 15 is 0 Å². The molecule has 0 spiro atoms. The van der Waals surface area contributed by atoms with Gasteiger partial charge in [-0.15, -0.1) is 0 Å². The maximum absolute atomic E-state index is 13.4. The maximum Gasteiger partial charge on any atom is 0.442 e. The molecule has 1 heterocycles. The van der Waals surface area contributed by atoms with Crippen LogP contribution in [0.25, 0.3) is 0 Å². The largest absolute Gasteiger partial charge is 0.494 e. The molecule has 1 atom stereocenters. The standard InChI is InChI=1S/C21H21F3N2O4/c1-3-29-17-7-9-18(10-8-17)30-13-15-5-4-6-16(11-15)19(27)26-20(28,21(22,23)24)12-14(2)25-26/h4-12,25,28H,3,13H2,1-2H3. The SMILES string of the molecule is CCOc1ccc(OCc2cccc(C(=O)N3NC(C)=CC3(O)C(F)(F)F)c2)cc1. The molecular formula is C21H21F3N2O4. The van der Waals surface area contributed by atoms with E-state index in [-0.39, 0.29) is 22.9 Å². The van der Waals surface area contributed by atoms with E-state index < -0.39 is 17.8 Å². The van der Waals surface area contributed by atoms with Gasteiger partial charge in [0.1, 0.15) is 18.1 Å². The summed E-state index contributed by atoms with van der Waals surface area (Å²) in [5, 5.41) is 10.3. The lowest BCUT2D eigenvalue weighted by atomic mass is 10.1. The van der Waals surface area contributed by atoms with Crippen LogP contribution in [-0.2, 0) is 6.61 Å². The van der Waals surface area contributed by atoms with Gasteiger partial charge in [0.2, 0.25) is 0 Å². The predicted octanol–water partition coefficient (Wildman–Crippen LogP) is 3.78. The van der Waals surface area contributed by atoms with Gasteiger partial charge >= 0.3 is 6.18 Å². The molecule has 6 nitrogen and oxygen atoms in total. The number of hydrogen-bond donors (Lipinski definition) is 2. The first-order valence-electron chi connectivity index (χ1n) is 9.18. The minimum Gasteiger partial charge on any atom is -0.494 e. The highest BCUT2D eigenvalue weighted by molar-refractivity contribution is 5.95. The second kappa shape index (κ2) is 8.27. The molecule has 0 saturated heterocycles. The number of nitrogens with one attached hydrogen (secondary N) is 1. The number of carbonyl (C=O) groups is 1. The number of carbonyl (C=O) groups excluding carboxylic acids is 1. The normalized spacial score (nSPS) is 18.6. The minimum absolute atomic E-state index is 0.0122. The van der Waals surface area contributed by atoms with Crippen LogP contribution >= 0.6 is 0 Å². The van der Waals surface area contributed by atoms with Crippen molar-refractivity contribution in [1.29, 1.82) is 0 Å². The van der Waals surface area contributed by atoms with Gasteiger partial charge in [0.25, 0.3) is 11.6 Å². The lowest BCUT2D eigenvalue weighted by Gasteiger charge is -2.33. The van der Waals surface area contributed by atoms with Crippen LogP contribution in [0.5, 0.6) is 11.5 Å². The third-order valence-electron chi connectivity index (χ3n) is 4.38. The highest BCUT2D eigenvalue weighted by Crippen LogP contribution is 2.38. The molecule has 9 heteroatoms.